The smallest absolute Gasteiger partial charge is 0.294 e. The van der Waals surface area contributed by atoms with E-state index in [0.717, 1.165) is 16.7 Å². The number of carbonyl (C=O) groups is 3. The van der Waals surface area contributed by atoms with Crippen molar-refractivity contribution >= 4 is 46.7 Å². The van der Waals surface area contributed by atoms with Crippen LogP contribution < -0.4 is 14.8 Å². The summed E-state index contributed by atoms with van der Waals surface area (Å²) in [6.07, 6.45) is 0.974. The zero-order valence-electron chi connectivity index (χ0n) is 14.0. The topological polar surface area (TPSA) is 105 Å². The predicted molar refractivity (Wildman–Crippen MR) is 101 cm³/mol. The number of aliphatic hydroxyl groups excluding tert-OH is 1. The molecule has 4 rings (SSSR count). The molecule has 27 heavy (non-hydrogen) atoms. The molecule has 0 aromatic heterocycles. The third-order valence-electron chi connectivity index (χ3n) is 4.27. The summed E-state index contributed by atoms with van der Waals surface area (Å²) in [5, 5.41) is 11.9. The number of carbonyl (C=O) groups excluding carboxylic acids is 3. The van der Waals surface area contributed by atoms with E-state index in [1.54, 1.807) is 36.0 Å². The fourth-order valence-corrected chi connectivity index (χ4v) is 4.88. The van der Waals surface area contributed by atoms with Crippen molar-refractivity contribution in [3.63, 3.8) is 0 Å². The predicted octanol–water partition coefficient (Wildman–Crippen LogP) is 1.04. The summed E-state index contributed by atoms with van der Waals surface area (Å²) in [5.41, 5.74) is 0.695. The number of thioether (sulfide) groups is 2. The number of hydrogen-bond donors (Lipinski definition) is 2. The molecule has 0 saturated carbocycles. The van der Waals surface area contributed by atoms with Crippen LogP contribution in [0.5, 0.6) is 11.5 Å². The molecule has 0 aliphatic carbocycles. The van der Waals surface area contributed by atoms with Gasteiger partial charge in [0.25, 0.3) is 11.1 Å². The largest absolute Gasteiger partial charge is 0.454 e. The molecule has 2 atom stereocenters. The molecule has 3 amide bonds. The molecule has 3 heterocycles. The van der Waals surface area contributed by atoms with Crippen LogP contribution in [-0.4, -0.2) is 64.0 Å². The van der Waals surface area contributed by atoms with Gasteiger partial charge < -0.3 is 19.9 Å². The molecular weight excluding hydrogens is 392 g/mol. The molecule has 2 fully saturated rings. The minimum absolute atomic E-state index is 0.151. The fourth-order valence-electron chi connectivity index (χ4n) is 2.87. The summed E-state index contributed by atoms with van der Waals surface area (Å²) in [4.78, 5) is 38.0. The Labute approximate surface area is 163 Å². The summed E-state index contributed by atoms with van der Waals surface area (Å²) in [6, 6.07) is 4.86. The average Bonchev–Trinajstić information content (AvgIpc) is 3.32. The Balaban J connectivity index is 1.43. The van der Waals surface area contributed by atoms with Crippen molar-refractivity contribution in [3.05, 3.63) is 28.7 Å². The van der Waals surface area contributed by atoms with Gasteiger partial charge in [-0.2, -0.15) is 11.8 Å². The number of imide groups is 1. The molecule has 3 aliphatic heterocycles. The Morgan fingerprint density at radius 1 is 1.30 bits per heavy atom. The quantitative estimate of drug-likeness (QED) is 0.712. The van der Waals surface area contributed by atoms with E-state index in [0.29, 0.717) is 28.6 Å². The van der Waals surface area contributed by atoms with Crippen LogP contribution in [0.3, 0.4) is 0 Å². The molecule has 142 valence electrons. The van der Waals surface area contributed by atoms with Crippen LogP contribution >= 0.6 is 23.5 Å². The number of aliphatic hydroxyl groups is 1. The van der Waals surface area contributed by atoms with Gasteiger partial charge in [-0.05, 0) is 35.5 Å². The first-order valence-corrected chi connectivity index (χ1v) is 10.2. The Morgan fingerprint density at radius 2 is 2.11 bits per heavy atom. The van der Waals surface area contributed by atoms with Crippen LogP contribution in [0.2, 0.25) is 0 Å². The van der Waals surface area contributed by atoms with Crippen molar-refractivity contribution in [1.29, 1.82) is 0 Å². The second-order valence-electron chi connectivity index (χ2n) is 6.16. The maximum atomic E-state index is 12.5. The molecule has 0 unspecified atom stereocenters. The molecule has 0 bridgehead atoms. The van der Waals surface area contributed by atoms with Crippen molar-refractivity contribution in [2.75, 3.05) is 24.8 Å². The van der Waals surface area contributed by atoms with Gasteiger partial charge in [-0.15, -0.1) is 0 Å². The minimum Gasteiger partial charge on any atom is -0.454 e. The van der Waals surface area contributed by atoms with Gasteiger partial charge in [0.15, 0.2) is 11.5 Å². The monoisotopic (exact) mass is 408 g/mol. The van der Waals surface area contributed by atoms with E-state index >= 15 is 0 Å². The minimum atomic E-state index is -0.611. The van der Waals surface area contributed by atoms with Crippen LogP contribution in [0.4, 0.5) is 4.79 Å². The Kier molecular flexibility index (Phi) is 5.02. The molecule has 8 nitrogen and oxygen atoms in total. The van der Waals surface area contributed by atoms with Crippen LogP contribution in [0.1, 0.15) is 5.56 Å². The second-order valence-corrected chi connectivity index (χ2v) is 8.23. The SMILES string of the molecule is O=C(CN1C(=O)S/C(=C\c2ccc3c(c2)OCO3)C1=O)N[C@H]1CSC[C@@H]1O. The molecule has 0 radical (unpaired) electrons. The lowest BCUT2D eigenvalue weighted by Gasteiger charge is -2.18. The van der Waals surface area contributed by atoms with E-state index in [4.69, 9.17) is 9.47 Å². The van der Waals surface area contributed by atoms with Gasteiger partial charge in [-0.1, -0.05) is 6.07 Å². The summed E-state index contributed by atoms with van der Waals surface area (Å²) in [7, 11) is 0. The van der Waals surface area contributed by atoms with Crippen molar-refractivity contribution in [3.8, 4) is 11.5 Å². The van der Waals surface area contributed by atoms with E-state index in [2.05, 4.69) is 5.32 Å². The van der Waals surface area contributed by atoms with Gasteiger partial charge in [0.2, 0.25) is 12.7 Å². The molecule has 10 heteroatoms. The number of hydrogen-bond acceptors (Lipinski definition) is 8. The highest BCUT2D eigenvalue weighted by atomic mass is 32.2. The fraction of sp³-hybridized carbons (Fsp3) is 0.353. The number of rotatable bonds is 4. The number of nitrogens with one attached hydrogen (secondary N) is 1. The van der Waals surface area contributed by atoms with Gasteiger partial charge in [0.1, 0.15) is 6.54 Å². The summed E-state index contributed by atoms with van der Waals surface area (Å²) >= 11 is 2.33. The lowest BCUT2D eigenvalue weighted by Crippen LogP contribution is -2.47. The Hall–Kier alpha value is -2.17. The van der Waals surface area contributed by atoms with Crippen molar-refractivity contribution in [2.45, 2.75) is 12.1 Å². The normalized spacial score (nSPS) is 25.5. The number of ether oxygens (including phenoxy) is 2. The van der Waals surface area contributed by atoms with E-state index in [-0.39, 0.29) is 24.3 Å². The van der Waals surface area contributed by atoms with Gasteiger partial charge in [0, 0.05) is 11.5 Å². The highest BCUT2D eigenvalue weighted by Crippen LogP contribution is 2.36. The van der Waals surface area contributed by atoms with E-state index < -0.39 is 23.2 Å². The Morgan fingerprint density at radius 3 is 2.89 bits per heavy atom. The molecule has 2 saturated heterocycles. The number of nitrogens with zero attached hydrogens (tertiary/aromatic N) is 1. The van der Waals surface area contributed by atoms with Crippen LogP contribution in [0.15, 0.2) is 23.1 Å². The highest BCUT2D eigenvalue weighted by Gasteiger charge is 2.37. The number of amides is 3. The van der Waals surface area contributed by atoms with E-state index in [1.807, 2.05) is 0 Å². The molecule has 2 N–H and O–H groups in total. The van der Waals surface area contributed by atoms with Crippen LogP contribution in [-0.2, 0) is 9.59 Å². The Bertz CT molecular complexity index is 843. The second kappa shape index (κ2) is 7.45. The van der Waals surface area contributed by atoms with Crippen molar-refractivity contribution in [1.82, 2.24) is 10.2 Å². The van der Waals surface area contributed by atoms with Gasteiger partial charge >= 0.3 is 0 Å². The van der Waals surface area contributed by atoms with Crippen LogP contribution in [0, 0.1) is 0 Å². The van der Waals surface area contributed by atoms with Crippen molar-refractivity contribution in [2.24, 2.45) is 0 Å². The first-order chi connectivity index (χ1) is 13.0. The van der Waals surface area contributed by atoms with E-state index in [1.165, 1.54) is 0 Å². The lowest BCUT2D eigenvalue weighted by molar-refractivity contribution is -0.129. The summed E-state index contributed by atoms with van der Waals surface area (Å²) < 4.78 is 10.5. The molecule has 3 aliphatic rings. The molecule has 1 aromatic carbocycles. The maximum Gasteiger partial charge on any atom is 0.294 e. The van der Waals surface area contributed by atoms with Crippen LogP contribution in [0.25, 0.3) is 6.08 Å². The zero-order chi connectivity index (χ0) is 19.0. The molecule has 0 spiro atoms. The first kappa shape index (κ1) is 18.2. The third-order valence-corrected chi connectivity index (χ3v) is 6.35. The highest BCUT2D eigenvalue weighted by molar-refractivity contribution is 8.18. The average molecular weight is 408 g/mol. The number of fused-ring (bicyclic) bond motifs is 1. The van der Waals surface area contributed by atoms with Gasteiger partial charge in [0.05, 0.1) is 17.1 Å². The standard InChI is InChI=1S/C17H16N2O6S2/c20-11-7-26-6-10(11)18-15(21)5-19-16(22)14(27-17(19)23)4-9-1-2-12-13(3-9)25-8-24-12/h1-4,10-11,20H,5-8H2,(H,18,21)/b14-4-/t10-,11-/m0/s1. The van der Waals surface area contributed by atoms with E-state index in [9.17, 15) is 19.5 Å². The molecule has 1 aromatic rings. The van der Waals surface area contributed by atoms with Gasteiger partial charge in [-0.3, -0.25) is 19.3 Å². The first-order valence-electron chi connectivity index (χ1n) is 8.21. The lowest BCUT2D eigenvalue weighted by atomic mass is 10.2. The molecular formula is C17H16N2O6S2. The van der Waals surface area contributed by atoms with Gasteiger partial charge in [-0.25, -0.2) is 0 Å². The zero-order valence-corrected chi connectivity index (χ0v) is 15.7. The van der Waals surface area contributed by atoms with Crippen molar-refractivity contribution < 1.29 is 29.0 Å². The summed E-state index contributed by atoms with van der Waals surface area (Å²) in [5.74, 6) is 1.40. The maximum absolute atomic E-state index is 12.5. The number of benzene rings is 1. The summed E-state index contributed by atoms with van der Waals surface area (Å²) in [6.45, 7) is -0.213. The third kappa shape index (κ3) is 3.78.